The van der Waals surface area contributed by atoms with Gasteiger partial charge >= 0.3 is 5.69 Å². The number of likely N-dealkylation sites (tertiary alicyclic amines) is 1. The number of hydrogen-bond donors (Lipinski definition) is 2. The fraction of sp³-hybridized carbons (Fsp3) is 0.273. The van der Waals surface area contributed by atoms with Crippen LogP contribution < -0.4 is 5.69 Å². The molecule has 9 heteroatoms. The first-order valence-electron chi connectivity index (χ1n) is 10.3. The highest BCUT2D eigenvalue weighted by molar-refractivity contribution is 7.12. The number of thiophene rings is 1. The van der Waals surface area contributed by atoms with E-state index in [1.165, 1.54) is 11.3 Å². The third-order valence-corrected chi connectivity index (χ3v) is 6.57. The van der Waals surface area contributed by atoms with Crippen molar-refractivity contribution >= 4 is 17.2 Å². The molecule has 8 nitrogen and oxygen atoms in total. The van der Waals surface area contributed by atoms with E-state index in [-0.39, 0.29) is 11.6 Å². The number of amides is 1. The lowest BCUT2D eigenvalue weighted by molar-refractivity contribution is 0.0683. The van der Waals surface area contributed by atoms with Crippen molar-refractivity contribution in [3.8, 4) is 16.3 Å². The van der Waals surface area contributed by atoms with E-state index in [1.807, 2.05) is 58.8 Å². The quantitative estimate of drug-likeness (QED) is 0.504. The molecule has 0 aliphatic carbocycles. The SMILES string of the molecule is O=C(c1cc(-c2ccccc2)n[nH]1)N1CCC(Cc2n[nH]c(=O)n2-c2cccs2)CC1. The molecule has 2 N–H and O–H groups in total. The number of hydrogen-bond acceptors (Lipinski definition) is 5. The van der Waals surface area contributed by atoms with Crippen molar-refractivity contribution in [2.45, 2.75) is 19.3 Å². The van der Waals surface area contributed by atoms with Crippen LogP contribution in [-0.2, 0) is 6.42 Å². The lowest BCUT2D eigenvalue weighted by Gasteiger charge is -2.31. The second-order valence-electron chi connectivity index (χ2n) is 7.70. The Morgan fingerprint density at radius 3 is 2.61 bits per heavy atom. The first-order valence-corrected chi connectivity index (χ1v) is 11.2. The van der Waals surface area contributed by atoms with Gasteiger partial charge in [0.05, 0.1) is 5.69 Å². The Morgan fingerprint density at radius 1 is 1.06 bits per heavy atom. The van der Waals surface area contributed by atoms with E-state index < -0.39 is 0 Å². The van der Waals surface area contributed by atoms with E-state index in [9.17, 15) is 9.59 Å². The summed E-state index contributed by atoms with van der Waals surface area (Å²) in [5, 5.41) is 16.8. The van der Waals surface area contributed by atoms with Crippen LogP contribution in [-0.4, -0.2) is 48.9 Å². The predicted octanol–water partition coefficient (Wildman–Crippen LogP) is 3.11. The fourth-order valence-corrected chi connectivity index (χ4v) is 4.80. The molecule has 1 amide bonds. The maximum Gasteiger partial charge on any atom is 0.348 e. The van der Waals surface area contributed by atoms with Gasteiger partial charge in [0.1, 0.15) is 16.5 Å². The molecule has 0 spiro atoms. The maximum atomic E-state index is 12.9. The van der Waals surface area contributed by atoms with Gasteiger partial charge in [0.25, 0.3) is 5.91 Å². The Hall–Kier alpha value is -3.46. The van der Waals surface area contributed by atoms with Crippen molar-refractivity contribution in [3.63, 3.8) is 0 Å². The van der Waals surface area contributed by atoms with Gasteiger partial charge in [-0.1, -0.05) is 30.3 Å². The molecule has 0 saturated carbocycles. The van der Waals surface area contributed by atoms with Crippen LogP contribution in [0.25, 0.3) is 16.3 Å². The first kappa shape index (κ1) is 19.5. The summed E-state index contributed by atoms with van der Waals surface area (Å²) in [6.07, 6.45) is 2.45. The van der Waals surface area contributed by atoms with Crippen molar-refractivity contribution in [2.75, 3.05) is 13.1 Å². The van der Waals surface area contributed by atoms with Crippen molar-refractivity contribution in [3.05, 3.63) is 75.9 Å². The third kappa shape index (κ3) is 3.96. The van der Waals surface area contributed by atoms with Crippen LogP contribution in [0.1, 0.15) is 29.2 Å². The number of carbonyl (C=O) groups is 1. The minimum absolute atomic E-state index is 0.0246. The standard InChI is InChI=1S/C22H22N6O2S/c29-21(18-14-17(23-24-18)16-5-2-1-3-6-16)27-10-8-15(9-11-27)13-19-25-26-22(30)28(19)20-7-4-12-31-20/h1-7,12,14-15H,8-11,13H2,(H,23,24)(H,26,30). The van der Waals surface area contributed by atoms with Crippen LogP contribution in [0.2, 0.25) is 0 Å². The Balaban J connectivity index is 1.22. The number of H-pyrrole nitrogens is 2. The molecule has 31 heavy (non-hydrogen) atoms. The molecule has 0 unspecified atom stereocenters. The van der Waals surface area contributed by atoms with Crippen LogP contribution in [0.4, 0.5) is 0 Å². The minimum Gasteiger partial charge on any atom is -0.337 e. The first-order chi connectivity index (χ1) is 15.2. The van der Waals surface area contributed by atoms with Crippen LogP contribution in [0.5, 0.6) is 0 Å². The number of piperidine rings is 1. The van der Waals surface area contributed by atoms with Gasteiger partial charge in [-0.3, -0.25) is 9.89 Å². The van der Waals surface area contributed by atoms with Crippen LogP contribution in [0.3, 0.4) is 0 Å². The van der Waals surface area contributed by atoms with Crippen molar-refractivity contribution in [1.82, 2.24) is 29.9 Å². The Labute approximate surface area is 182 Å². The zero-order valence-corrected chi connectivity index (χ0v) is 17.6. The molecule has 0 radical (unpaired) electrons. The largest absolute Gasteiger partial charge is 0.348 e. The zero-order chi connectivity index (χ0) is 21.2. The van der Waals surface area contributed by atoms with E-state index >= 15 is 0 Å². The van der Waals surface area contributed by atoms with Crippen LogP contribution in [0, 0.1) is 5.92 Å². The molecular weight excluding hydrogens is 412 g/mol. The summed E-state index contributed by atoms with van der Waals surface area (Å²) in [5.74, 6) is 1.10. The van der Waals surface area contributed by atoms with Gasteiger partial charge in [-0.15, -0.1) is 11.3 Å². The molecule has 4 heterocycles. The van der Waals surface area contributed by atoms with Gasteiger partial charge in [-0.2, -0.15) is 10.2 Å². The summed E-state index contributed by atoms with van der Waals surface area (Å²) >= 11 is 1.51. The molecule has 1 aliphatic heterocycles. The summed E-state index contributed by atoms with van der Waals surface area (Å²) in [5.41, 5.74) is 2.05. The predicted molar refractivity (Wildman–Crippen MR) is 118 cm³/mol. The summed E-state index contributed by atoms with van der Waals surface area (Å²) in [7, 11) is 0. The van der Waals surface area contributed by atoms with Gasteiger partial charge in [0.2, 0.25) is 0 Å². The zero-order valence-electron chi connectivity index (χ0n) is 16.8. The second-order valence-corrected chi connectivity index (χ2v) is 8.63. The molecule has 3 aromatic heterocycles. The molecule has 1 saturated heterocycles. The molecule has 1 aromatic carbocycles. The Bertz CT molecular complexity index is 1220. The lowest BCUT2D eigenvalue weighted by atomic mass is 9.93. The monoisotopic (exact) mass is 434 g/mol. The Kier molecular flexibility index (Phi) is 5.25. The normalized spacial score (nSPS) is 14.8. The summed E-state index contributed by atoms with van der Waals surface area (Å²) < 4.78 is 1.65. The third-order valence-electron chi connectivity index (χ3n) is 5.72. The molecule has 0 bridgehead atoms. The smallest absolute Gasteiger partial charge is 0.337 e. The summed E-state index contributed by atoms with van der Waals surface area (Å²) in [4.78, 5) is 27.0. The molecule has 5 rings (SSSR count). The minimum atomic E-state index is -0.210. The molecule has 0 atom stereocenters. The van der Waals surface area contributed by atoms with Gasteiger partial charge in [0.15, 0.2) is 0 Å². The van der Waals surface area contributed by atoms with E-state index in [0.717, 1.165) is 34.9 Å². The molecule has 4 aromatic rings. The van der Waals surface area contributed by atoms with Crippen molar-refractivity contribution in [1.29, 1.82) is 0 Å². The fourth-order valence-electron chi connectivity index (χ4n) is 4.05. The highest BCUT2D eigenvalue weighted by atomic mass is 32.1. The lowest BCUT2D eigenvalue weighted by Crippen LogP contribution is -2.39. The average molecular weight is 435 g/mol. The van der Waals surface area contributed by atoms with E-state index in [4.69, 9.17) is 0 Å². The Morgan fingerprint density at radius 2 is 1.87 bits per heavy atom. The van der Waals surface area contributed by atoms with Crippen LogP contribution in [0.15, 0.2) is 58.7 Å². The number of nitrogens with one attached hydrogen (secondary N) is 2. The van der Waals surface area contributed by atoms with Crippen molar-refractivity contribution < 1.29 is 4.79 Å². The molecular formula is C22H22N6O2S. The molecule has 158 valence electrons. The number of nitrogens with zero attached hydrogens (tertiary/aromatic N) is 4. The highest BCUT2D eigenvalue weighted by Gasteiger charge is 2.26. The van der Waals surface area contributed by atoms with E-state index in [1.54, 1.807) is 4.57 Å². The number of carbonyl (C=O) groups excluding carboxylic acids is 1. The van der Waals surface area contributed by atoms with Gasteiger partial charge in [-0.25, -0.2) is 14.5 Å². The summed E-state index contributed by atoms with van der Waals surface area (Å²) in [6.45, 7) is 1.35. The number of aromatic nitrogens is 5. The van der Waals surface area contributed by atoms with Gasteiger partial charge in [-0.05, 0) is 42.3 Å². The second kappa shape index (κ2) is 8.35. The average Bonchev–Trinajstić information content (AvgIpc) is 3.56. The van der Waals surface area contributed by atoms with Crippen molar-refractivity contribution in [2.24, 2.45) is 5.92 Å². The highest BCUT2D eigenvalue weighted by Crippen LogP contribution is 2.24. The topological polar surface area (TPSA) is 99.7 Å². The number of benzene rings is 1. The van der Waals surface area contributed by atoms with E-state index in [0.29, 0.717) is 31.1 Å². The van der Waals surface area contributed by atoms with Crippen LogP contribution >= 0.6 is 11.3 Å². The number of rotatable bonds is 5. The number of aromatic amines is 2. The molecule has 1 aliphatic rings. The van der Waals surface area contributed by atoms with Gasteiger partial charge < -0.3 is 4.90 Å². The molecule has 1 fully saturated rings. The van der Waals surface area contributed by atoms with Gasteiger partial charge in [0, 0.05) is 25.1 Å². The van der Waals surface area contributed by atoms with E-state index in [2.05, 4.69) is 20.4 Å². The maximum absolute atomic E-state index is 12.9. The summed E-state index contributed by atoms with van der Waals surface area (Å²) in [6, 6.07) is 15.5.